The maximum absolute atomic E-state index is 11.6. The van der Waals surface area contributed by atoms with Crippen LogP contribution in [0.25, 0.3) is 0 Å². The predicted octanol–water partition coefficient (Wildman–Crippen LogP) is 0.832. The van der Waals surface area contributed by atoms with Gasteiger partial charge in [0, 0.05) is 32.4 Å². The van der Waals surface area contributed by atoms with Crippen LogP contribution in [0.15, 0.2) is 0 Å². The first-order chi connectivity index (χ1) is 8.66. The molecule has 0 aromatic carbocycles. The Bertz CT molecular complexity index is 332. The number of carbonyl (C=O) groups excluding carboxylic acids is 3. The van der Waals surface area contributed by atoms with Crippen molar-refractivity contribution >= 4 is 17.7 Å². The molecule has 0 bridgehead atoms. The highest BCUT2D eigenvalue weighted by Gasteiger charge is 2.28. The van der Waals surface area contributed by atoms with Crippen molar-refractivity contribution in [2.24, 2.45) is 5.92 Å². The van der Waals surface area contributed by atoms with Crippen molar-refractivity contribution in [2.45, 2.75) is 44.9 Å². The van der Waals surface area contributed by atoms with Crippen LogP contribution in [0.3, 0.4) is 0 Å². The summed E-state index contributed by atoms with van der Waals surface area (Å²) in [5, 5.41) is 2.79. The van der Waals surface area contributed by atoms with Gasteiger partial charge in [0.1, 0.15) is 0 Å². The number of hydrogen-bond donors (Lipinski definition) is 1. The zero-order valence-electron chi connectivity index (χ0n) is 10.6. The van der Waals surface area contributed by atoms with Crippen molar-refractivity contribution in [1.82, 2.24) is 10.2 Å². The van der Waals surface area contributed by atoms with Crippen LogP contribution in [-0.4, -0.2) is 35.7 Å². The predicted molar refractivity (Wildman–Crippen MR) is 65.5 cm³/mol. The normalized spacial score (nSPS) is 20.8. The standard InChI is InChI=1S/C13H20N2O3/c16-11(9-10-3-1-2-4-10)14-7-8-15-12(17)5-6-13(15)18/h10H,1-9H2,(H,14,16). The van der Waals surface area contributed by atoms with Crippen molar-refractivity contribution in [3.63, 3.8) is 0 Å². The lowest BCUT2D eigenvalue weighted by atomic mass is 10.0. The molecule has 2 fully saturated rings. The molecule has 0 radical (unpaired) electrons. The summed E-state index contributed by atoms with van der Waals surface area (Å²) >= 11 is 0. The van der Waals surface area contributed by atoms with Crippen LogP contribution in [-0.2, 0) is 14.4 Å². The van der Waals surface area contributed by atoms with Gasteiger partial charge in [0.2, 0.25) is 17.7 Å². The topological polar surface area (TPSA) is 66.5 Å². The molecule has 0 unspecified atom stereocenters. The van der Waals surface area contributed by atoms with E-state index in [9.17, 15) is 14.4 Å². The maximum Gasteiger partial charge on any atom is 0.229 e. The average Bonchev–Trinajstić information content (AvgIpc) is 2.93. The smallest absolute Gasteiger partial charge is 0.229 e. The van der Waals surface area contributed by atoms with Crippen molar-refractivity contribution in [1.29, 1.82) is 0 Å². The monoisotopic (exact) mass is 252 g/mol. The Balaban J connectivity index is 1.64. The first-order valence-electron chi connectivity index (χ1n) is 6.76. The number of amides is 3. The lowest BCUT2D eigenvalue weighted by Gasteiger charge is -2.14. The van der Waals surface area contributed by atoms with Gasteiger partial charge in [0.15, 0.2) is 0 Å². The van der Waals surface area contributed by atoms with E-state index in [2.05, 4.69) is 5.32 Å². The van der Waals surface area contributed by atoms with E-state index in [0.717, 1.165) is 12.8 Å². The SMILES string of the molecule is O=C(CC1CCCC1)NCCN1C(=O)CCC1=O. The molecule has 5 heteroatoms. The number of nitrogens with one attached hydrogen (secondary N) is 1. The molecule has 1 saturated carbocycles. The van der Waals surface area contributed by atoms with Crippen LogP contribution in [0.2, 0.25) is 0 Å². The molecule has 1 saturated heterocycles. The Hall–Kier alpha value is -1.39. The number of rotatable bonds is 5. The van der Waals surface area contributed by atoms with Crippen molar-refractivity contribution in [3.8, 4) is 0 Å². The third-order valence-electron chi connectivity index (χ3n) is 3.76. The summed E-state index contributed by atoms with van der Waals surface area (Å²) in [4.78, 5) is 35.5. The van der Waals surface area contributed by atoms with E-state index in [-0.39, 0.29) is 17.7 Å². The van der Waals surface area contributed by atoms with Crippen LogP contribution in [0, 0.1) is 5.92 Å². The number of imide groups is 1. The van der Waals surface area contributed by atoms with Crippen molar-refractivity contribution in [3.05, 3.63) is 0 Å². The molecule has 0 aromatic rings. The fourth-order valence-electron chi connectivity index (χ4n) is 2.73. The number of carbonyl (C=O) groups is 3. The van der Waals surface area contributed by atoms with Crippen LogP contribution in [0.1, 0.15) is 44.9 Å². The van der Waals surface area contributed by atoms with E-state index in [1.54, 1.807) is 0 Å². The largest absolute Gasteiger partial charge is 0.354 e. The third kappa shape index (κ3) is 3.31. The van der Waals surface area contributed by atoms with E-state index < -0.39 is 0 Å². The minimum Gasteiger partial charge on any atom is -0.354 e. The van der Waals surface area contributed by atoms with Gasteiger partial charge in [-0.3, -0.25) is 19.3 Å². The molecular weight excluding hydrogens is 232 g/mol. The summed E-state index contributed by atoms with van der Waals surface area (Å²) in [5.74, 6) is 0.330. The highest BCUT2D eigenvalue weighted by Crippen LogP contribution is 2.27. The first-order valence-corrected chi connectivity index (χ1v) is 6.76. The summed E-state index contributed by atoms with van der Waals surface area (Å²) in [6, 6.07) is 0. The molecule has 2 aliphatic rings. The van der Waals surface area contributed by atoms with Gasteiger partial charge in [-0.15, -0.1) is 0 Å². The fraction of sp³-hybridized carbons (Fsp3) is 0.769. The van der Waals surface area contributed by atoms with Gasteiger partial charge in [-0.25, -0.2) is 0 Å². The molecule has 1 heterocycles. The Morgan fingerprint density at radius 3 is 2.39 bits per heavy atom. The molecule has 2 rings (SSSR count). The summed E-state index contributed by atoms with van der Waals surface area (Å²) in [6.07, 6.45) is 5.97. The van der Waals surface area contributed by atoms with Crippen LogP contribution < -0.4 is 5.32 Å². The van der Waals surface area contributed by atoms with Gasteiger partial charge in [-0.1, -0.05) is 12.8 Å². The molecule has 1 aliphatic heterocycles. The van der Waals surface area contributed by atoms with E-state index >= 15 is 0 Å². The molecule has 1 aliphatic carbocycles. The molecule has 0 atom stereocenters. The van der Waals surface area contributed by atoms with Gasteiger partial charge in [0.05, 0.1) is 0 Å². The summed E-state index contributed by atoms with van der Waals surface area (Å²) in [6.45, 7) is 0.692. The lowest BCUT2D eigenvalue weighted by Crippen LogP contribution is -2.38. The highest BCUT2D eigenvalue weighted by atomic mass is 16.2. The van der Waals surface area contributed by atoms with Gasteiger partial charge < -0.3 is 5.32 Å². The zero-order chi connectivity index (χ0) is 13.0. The Morgan fingerprint density at radius 2 is 1.78 bits per heavy atom. The second kappa shape index (κ2) is 5.98. The number of nitrogens with zero attached hydrogens (tertiary/aromatic N) is 1. The number of hydrogen-bond acceptors (Lipinski definition) is 3. The summed E-state index contributed by atoms with van der Waals surface area (Å²) < 4.78 is 0. The second-order valence-electron chi connectivity index (χ2n) is 5.14. The molecule has 5 nitrogen and oxygen atoms in total. The van der Waals surface area contributed by atoms with Crippen LogP contribution >= 0.6 is 0 Å². The van der Waals surface area contributed by atoms with Gasteiger partial charge in [0.25, 0.3) is 0 Å². The molecule has 0 aromatic heterocycles. The van der Waals surface area contributed by atoms with Crippen LogP contribution in [0.5, 0.6) is 0 Å². The Morgan fingerprint density at radius 1 is 1.17 bits per heavy atom. The molecule has 0 spiro atoms. The molecule has 100 valence electrons. The first kappa shape index (κ1) is 13.1. The Labute approximate surface area is 107 Å². The molecule has 1 N–H and O–H groups in total. The van der Waals surface area contributed by atoms with Gasteiger partial charge >= 0.3 is 0 Å². The Kier molecular flexibility index (Phi) is 4.33. The minimum atomic E-state index is -0.120. The highest BCUT2D eigenvalue weighted by molar-refractivity contribution is 6.01. The molecule has 18 heavy (non-hydrogen) atoms. The van der Waals surface area contributed by atoms with E-state index in [1.165, 1.54) is 17.7 Å². The third-order valence-corrected chi connectivity index (χ3v) is 3.76. The van der Waals surface area contributed by atoms with Gasteiger partial charge in [-0.05, 0) is 18.8 Å². The maximum atomic E-state index is 11.6. The quantitative estimate of drug-likeness (QED) is 0.737. The summed E-state index contributed by atoms with van der Waals surface area (Å²) in [5.41, 5.74) is 0. The van der Waals surface area contributed by atoms with E-state index in [1.807, 2.05) is 0 Å². The zero-order valence-corrected chi connectivity index (χ0v) is 10.6. The molecular formula is C13H20N2O3. The van der Waals surface area contributed by atoms with E-state index in [4.69, 9.17) is 0 Å². The minimum absolute atomic E-state index is 0.0426. The van der Waals surface area contributed by atoms with Crippen LogP contribution in [0.4, 0.5) is 0 Å². The van der Waals surface area contributed by atoms with Gasteiger partial charge in [-0.2, -0.15) is 0 Å². The lowest BCUT2D eigenvalue weighted by molar-refractivity contribution is -0.138. The van der Waals surface area contributed by atoms with E-state index in [0.29, 0.717) is 38.3 Å². The number of likely N-dealkylation sites (tertiary alicyclic amines) is 1. The average molecular weight is 252 g/mol. The molecule has 3 amide bonds. The van der Waals surface area contributed by atoms with Crippen molar-refractivity contribution in [2.75, 3.05) is 13.1 Å². The summed E-state index contributed by atoms with van der Waals surface area (Å²) in [7, 11) is 0. The van der Waals surface area contributed by atoms with Crippen molar-refractivity contribution < 1.29 is 14.4 Å². The fourth-order valence-corrected chi connectivity index (χ4v) is 2.73. The second-order valence-corrected chi connectivity index (χ2v) is 5.14.